The third-order valence-electron chi connectivity index (χ3n) is 3.46. The molecule has 0 spiro atoms. The zero-order chi connectivity index (χ0) is 15.4. The van der Waals surface area contributed by atoms with Gasteiger partial charge in [0, 0.05) is 25.8 Å². The van der Waals surface area contributed by atoms with Gasteiger partial charge in [-0.05, 0) is 26.8 Å². The second-order valence-electron chi connectivity index (χ2n) is 6.27. The van der Waals surface area contributed by atoms with Gasteiger partial charge < -0.3 is 4.90 Å². The van der Waals surface area contributed by atoms with Gasteiger partial charge in [0.05, 0.1) is 22.9 Å². The topological polar surface area (TPSA) is 51.0 Å². The maximum absolute atomic E-state index is 12.7. The first kappa shape index (κ1) is 14.0. The van der Waals surface area contributed by atoms with Crippen LogP contribution in [0.5, 0.6) is 0 Å². The van der Waals surface area contributed by atoms with Gasteiger partial charge in [0.25, 0.3) is 5.56 Å². The van der Waals surface area contributed by atoms with Crippen LogP contribution in [0.4, 0.5) is 5.69 Å². The van der Waals surface area contributed by atoms with Crippen molar-refractivity contribution in [2.24, 2.45) is 0 Å². The average Bonchev–Trinajstić information content (AvgIpc) is 2.77. The highest BCUT2D eigenvalue weighted by atomic mass is 32.1. The Labute approximate surface area is 126 Å². The second-order valence-corrected chi connectivity index (χ2v) is 7.27. The van der Waals surface area contributed by atoms with Gasteiger partial charge in [-0.1, -0.05) is 0 Å². The van der Waals surface area contributed by atoms with Gasteiger partial charge in [-0.2, -0.15) is 0 Å². The molecule has 0 saturated carbocycles. The Morgan fingerprint density at radius 2 is 1.95 bits per heavy atom. The van der Waals surface area contributed by atoms with E-state index >= 15 is 0 Å². The second kappa shape index (κ2) is 4.53. The Hall–Kier alpha value is -1.95. The highest BCUT2D eigenvalue weighted by Gasteiger charge is 2.20. The number of thiophene rings is 1. The minimum atomic E-state index is -0.285. The molecular weight excluding hydrogens is 284 g/mol. The lowest BCUT2D eigenvalue weighted by atomic mass is 10.1. The van der Waals surface area contributed by atoms with Crippen molar-refractivity contribution in [1.29, 1.82) is 0 Å². The minimum Gasteiger partial charge on any atom is -0.377 e. The summed E-state index contributed by atoms with van der Waals surface area (Å²) in [4.78, 5) is 24.5. The Morgan fingerprint density at radius 3 is 2.57 bits per heavy atom. The predicted molar refractivity (Wildman–Crippen MR) is 88.5 cm³/mol. The number of pyridine rings is 1. The van der Waals surface area contributed by atoms with Crippen molar-refractivity contribution in [3.8, 4) is 0 Å². The van der Waals surface area contributed by atoms with Gasteiger partial charge in [-0.25, -0.2) is 9.97 Å². The molecule has 0 atom stereocenters. The molecule has 3 aromatic rings. The molecule has 0 aliphatic carbocycles. The van der Waals surface area contributed by atoms with Crippen LogP contribution in [0.25, 0.3) is 20.4 Å². The van der Waals surface area contributed by atoms with E-state index in [-0.39, 0.29) is 11.1 Å². The zero-order valence-electron chi connectivity index (χ0n) is 12.8. The van der Waals surface area contributed by atoms with E-state index in [0.29, 0.717) is 4.70 Å². The molecule has 110 valence electrons. The summed E-state index contributed by atoms with van der Waals surface area (Å²) in [6, 6.07) is 1.95. The van der Waals surface area contributed by atoms with Crippen molar-refractivity contribution < 1.29 is 0 Å². The van der Waals surface area contributed by atoms with E-state index in [1.54, 1.807) is 17.1 Å². The van der Waals surface area contributed by atoms with E-state index in [1.807, 2.05) is 45.8 Å². The molecule has 3 heterocycles. The number of fused-ring (bicyclic) bond motifs is 3. The van der Waals surface area contributed by atoms with Gasteiger partial charge in [0.1, 0.15) is 9.53 Å². The number of hydrogen-bond acceptors (Lipinski definition) is 5. The fourth-order valence-corrected chi connectivity index (χ4v) is 3.43. The molecule has 0 N–H and O–H groups in total. The lowest BCUT2D eigenvalue weighted by molar-refractivity contribution is 0.382. The first-order valence-electron chi connectivity index (χ1n) is 6.77. The molecule has 21 heavy (non-hydrogen) atoms. The van der Waals surface area contributed by atoms with Gasteiger partial charge in [-0.3, -0.25) is 9.36 Å². The molecular formula is C15H18N4OS. The van der Waals surface area contributed by atoms with E-state index in [4.69, 9.17) is 0 Å². The van der Waals surface area contributed by atoms with Crippen molar-refractivity contribution in [2.45, 2.75) is 26.3 Å². The summed E-state index contributed by atoms with van der Waals surface area (Å²) in [5, 5.41) is 0.959. The van der Waals surface area contributed by atoms with Crippen LogP contribution in [-0.4, -0.2) is 28.6 Å². The lowest BCUT2D eigenvalue weighted by Crippen LogP contribution is -2.33. The molecule has 3 rings (SSSR count). The molecule has 0 unspecified atom stereocenters. The zero-order valence-corrected chi connectivity index (χ0v) is 13.7. The first-order valence-corrected chi connectivity index (χ1v) is 7.59. The molecule has 0 aromatic carbocycles. The molecule has 0 aliphatic heterocycles. The van der Waals surface area contributed by atoms with E-state index < -0.39 is 0 Å². The minimum absolute atomic E-state index is 0.000191. The largest absolute Gasteiger partial charge is 0.377 e. The number of aromatic nitrogens is 3. The van der Waals surface area contributed by atoms with E-state index in [1.165, 1.54) is 11.3 Å². The summed E-state index contributed by atoms with van der Waals surface area (Å²) < 4.78 is 2.35. The number of rotatable bonds is 1. The quantitative estimate of drug-likeness (QED) is 0.693. The van der Waals surface area contributed by atoms with Crippen molar-refractivity contribution in [1.82, 2.24) is 14.5 Å². The number of hydrogen-bond donors (Lipinski definition) is 0. The normalized spacial score (nSPS) is 12.2. The van der Waals surface area contributed by atoms with Crippen LogP contribution >= 0.6 is 11.3 Å². The van der Waals surface area contributed by atoms with Gasteiger partial charge in [0.15, 0.2) is 0 Å². The van der Waals surface area contributed by atoms with E-state index in [0.717, 1.165) is 21.4 Å². The number of anilines is 1. The monoisotopic (exact) mass is 302 g/mol. The predicted octanol–water partition coefficient (Wildman–Crippen LogP) is 2.83. The Balaban J connectivity index is 2.46. The van der Waals surface area contributed by atoms with Crippen molar-refractivity contribution in [2.75, 3.05) is 19.0 Å². The summed E-state index contributed by atoms with van der Waals surface area (Å²) in [5.41, 5.74) is 1.50. The number of nitrogens with zero attached hydrogens (tertiary/aromatic N) is 4. The fourth-order valence-electron chi connectivity index (χ4n) is 2.39. The molecule has 0 radical (unpaired) electrons. The third-order valence-corrected chi connectivity index (χ3v) is 4.54. The molecule has 0 saturated heterocycles. The average molecular weight is 302 g/mol. The standard InChI is InChI=1S/C15H18N4OS/c1-15(2,3)19-8-17-11-10-9(18(4)5)6-7-16-13(10)21-12(11)14(19)20/h6-8H,1-5H3. The summed E-state index contributed by atoms with van der Waals surface area (Å²) >= 11 is 1.42. The van der Waals surface area contributed by atoms with Crippen molar-refractivity contribution >= 4 is 37.5 Å². The van der Waals surface area contributed by atoms with Gasteiger partial charge >= 0.3 is 0 Å². The Bertz CT molecular complexity index is 886. The molecule has 6 heteroatoms. The summed E-state index contributed by atoms with van der Waals surface area (Å²) in [5.74, 6) is 0. The summed E-state index contributed by atoms with van der Waals surface area (Å²) in [6.45, 7) is 6.00. The van der Waals surface area contributed by atoms with Gasteiger partial charge in [0.2, 0.25) is 0 Å². The van der Waals surface area contributed by atoms with Crippen LogP contribution in [0.3, 0.4) is 0 Å². The lowest BCUT2D eigenvalue weighted by Gasteiger charge is -2.21. The van der Waals surface area contributed by atoms with Crippen LogP contribution in [-0.2, 0) is 5.54 Å². The SMILES string of the molecule is CN(C)c1ccnc2sc3c(=O)n(C(C)(C)C)cnc3c12. The molecule has 0 fully saturated rings. The van der Waals surface area contributed by atoms with Crippen LogP contribution in [0.2, 0.25) is 0 Å². The molecule has 3 aromatic heterocycles. The highest BCUT2D eigenvalue weighted by Crippen LogP contribution is 2.35. The van der Waals surface area contributed by atoms with E-state index in [9.17, 15) is 4.79 Å². The summed E-state index contributed by atoms with van der Waals surface area (Å²) in [7, 11) is 3.96. The molecule has 0 amide bonds. The van der Waals surface area contributed by atoms with Crippen LogP contribution in [0.1, 0.15) is 20.8 Å². The van der Waals surface area contributed by atoms with Crippen LogP contribution in [0, 0.1) is 0 Å². The van der Waals surface area contributed by atoms with E-state index in [2.05, 4.69) is 9.97 Å². The Morgan fingerprint density at radius 1 is 1.24 bits per heavy atom. The maximum Gasteiger partial charge on any atom is 0.271 e. The first-order chi connectivity index (χ1) is 9.80. The van der Waals surface area contributed by atoms with Crippen molar-refractivity contribution in [3.05, 3.63) is 28.9 Å². The maximum atomic E-state index is 12.7. The van der Waals surface area contributed by atoms with Gasteiger partial charge in [-0.15, -0.1) is 11.3 Å². The van der Waals surface area contributed by atoms with Crippen LogP contribution < -0.4 is 10.5 Å². The molecule has 0 bridgehead atoms. The van der Waals surface area contributed by atoms with Crippen molar-refractivity contribution in [3.63, 3.8) is 0 Å². The molecule has 5 nitrogen and oxygen atoms in total. The van der Waals surface area contributed by atoms with Crippen LogP contribution in [0.15, 0.2) is 23.4 Å². The highest BCUT2D eigenvalue weighted by molar-refractivity contribution is 7.25. The fraction of sp³-hybridized carbons (Fsp3) is 0.400. The molecule has 0 aliphatic rings. The third kappa shape index (κ3) is 2.10. The smallest absolute Gasteiger partial charge is 0.271 e. The summed E-state index contributed by atoms with van der Waals surface area (Å²) in [6.07, 6.45) is 3.42. The Kier molecular flexibility index (Phi) is 3.02.